The quantitative estimate of drug-likeness (QED) is 0.113. The van der Waals surface area contributed by atoms with Crippen LogP contribution in [-0.4, -0.2) is 18.3 Å². The summed E-state index contributed by atoms with van der Waals surface area (Å²) in [6.07, 6.45) is 22.5. The van der Waals surface area contributed by atoms with Crippen LogP contribution in [0.4, 0.5) is 0 Å². The van der Waals surface area contributed by atoms with Crippen molar-refractivity contribution in [2.75, 3.05) is 12.4 Å². The monoisotopic (exact) mass is 448 g/mol. The van der Waals surface area contributed by atoms with E-state index in [1.54, 1.807) is 0 Å². The molecule has 2 nitrogen and oxygen atoms in total. The van der Waals surface area contributed by atoms with Crippen molar-refractivity contribution in [2.24, 2.45) is 0 Å². The van der Waals surface area contributed by atoms with E-state index >= 15 is 0 Å². The van der Waals surface area contributed by atoms with Gasteiger partial charge in [-0.25, -0.2) is 4.79 Å². The molecule has 0 spiro atoms. The van der Waals surface area contributed by atoms with Crippen LogP contribution in [0.25, 0.3) is 0 Å². The molecule has 0 N–H and O–H groups in total. The first-order valence-electron chi connectivity index (χ1n) is 13.1. The molecular weight excluding hydrogens is 400 g/mol. The molecule has 0 aliphatic carbocycles. The average molecular weight is 449 g/mol. The molecule has 3 heteroatoms. The Morgan fingerprint density at radius 1 is 0.742 bits per heavy atom. The molecule has 1 aromatic rings. The maximum atomic E-state index is 12.0. The third-order valence-electron chi connectivity index (χ3n) is 6.03. The van der Waals surface area contributed by atoms with Crippen molar-refractivity contribution >= 4 is 17.7 Å². The molecule has 0 atom stereocenters. The van der Waals surface area contributed by atoms with Gasteiger partial charge in [-0.2, -0.15) is 0 Å². The highest BCUT2D eigenvalue weighted by atomic mass is 32.2. The van der Waals surface area contributed by atoms with Gasteiger partial charge >= 0.3 is 5.97 Å². The highest BCUT2D eigenvalue weighted by molar-refractivity contribution is 7.99. The van der Waals surface area contributed by atoms with E-state index < -0.39 is 0 Å². The van der Waals surface area contributed by atoms with Crippen LogP contribution in [0.1, 0.15) is 133 Å². The lowest BCUT2D eigenvalue weighted by molar-refractivity contribution is 0.0525. The lowest BCUT2D eigenvalue weighted by Crippen LogP contribution is -2.07. The average Bonchev–Trinajstić information content (AvgIpc) is 2.77. The van der Waals surface area contributed by atoms with Crippen LogP contribution >= 0.6 is 11.8 Å². The second kappa shape index (κ2) is 19.7. The molecule has 0 bridgehead atoms. The second-order valence-electron chi connectivity index (χ2n) is 8.80. The Hall–Kier alpha value is -0.960. The summed E-state index contributed by atoms with van der Waals surface area (Å²) in [5, 5.41) is 0. The number of hydrogen-bond acceptors (Lipinski definition) is 3. The van der Waals surface area contributed by atoms with Crippen molar-refractivity contribution in [3.8, 4) is 0 Å². The predicted molar refractivity (Wildman–Crippen MR) is 137 cm³/mol. The smallest absolute Gasteiger partial charge is 0.338 e. The standard InChI is InChI=1S/C28H48O2S/c1-4-6-7-8-9-10-11-12-13-14-15-16-17-18-19-20-24-31-27-23-21-22-26(25(27)3)28(29)30-5-2/h21-23H,4-20,24H2,1-3H3. The molecule has 0 heterocycles. The summed E-state index contributed by atoms with van der Waals surface area (Å²) >= 11 is 1.88. The van der Waals surface area contributed by atoms with E-state index in [1.165, 1.54) is 108 Å². The van der Waals surface area contributed by atoms with E-state index in [2.05, 4.69) is 13.0 Å². The van der Waals surface area contributed by atoms with Crippen molar-refractivity contribution in [1.29, 1.82) is 0 Å². The Balaban J connectivity index is 1.94. The summed E-state index contributed by atoms with van der Waals surface area (Å²) in [6.45, 7) is 6.59. The Morgan fingerprint density at radius 3 is 1.71 bits per heavy atom. The number of thioether (sulfide) groups is 1. The van der Waals surface area contributed by atoms with E-state index in [4.69, 9.17) is 4.74 Å². The third kappa shape index (κ3) is 13.9. The van der Waals surface area contributed by atoms with Crippen molar-refractivity contribution in [2.45, 2.75) is 128 Å². The summed E-state index contributed by atoms with van der Waals surface area (Å²) < 4.78 is 5.15. The summed E-state index contributed by atoms with van der Waals surface area (Å²) in [6, 6.07) is 5.95. The zero-order valence-electron chi connectivity index (χ0n) is 20.7. The van der Waals surface area contributed by atoms with Gasteiger partial charge < -0.3 is 4.74 Å². The number of benzene rings is 1. The molecule has 31 heavy (non-hydrogen) atoms. The zero-order valence-corrected chi connectivity index (χ0v) is 21.5. The summed E-state index contributed by atoms with van der Waals surface area (Å²) in [5.74, 6) is 0.927. The molecule has 178 valence electrons. The predicted octanol–water partition coefficient (Wildman–Crippen LogP) is 9.53. The van der Waals surface area contributed by atoms with Crippen LogP contribution in [0.2, 0.25) is 0 Å². The maximum Gasteiger partial charge on any atom is 0.338 e. The van der Waals surface area contributed by atoms with Crippen molar-refractivity contribution in [1.82, 2.24) is 0 Å². The summed E-state index contributed by atoms with van der Waals surface area (Å²) in [5.41, 5.74) is 1.77. The molecular formula is C28H48O2S. The van der Waals surface area contributed by atoms with Gasteiger partial charge in [0.25, 0.3) is 0 Å². The van der Waals surface area contributed by atoms with Crippen LogP contribution in [0.15, 0.2) is 23.1 Å². The molecule has 0 fully saturated rings. The van der Waals surface area contributed by atoms with Gasteiger partial charge in [0.05, 0.1) is 12.2 Å². The number of carbonyl (C=O) groups excluding carboxylic acids is 1. The fourth-order valence-corrected chi connectivity index (χ4v) is 5.10. The van der Waals surface area contributed by atoms with Gasteiger partial charge in [-0.1, -0.05) is 109 Å². The number of ether oxygens (including phenoxy) is 1. The fraction of sp³-hybridized carbons (Fsp3) is 0.750. The first kappa shape index (κ1) is 28.1. The lowest BCUT2D eigenvalue weighted by atomic mass is 10.0. The minimum absolute atomic E-state index is 0.204. The molecule has 0 aliphatic rings. The first-order valence-corrected chi connectivity index (χ1v) is 14.1. The molecule has 0 saturated carbocycles. The Bertz CT molecular complexity index is 570. The summed E-state index contributed by atoms with van der Waals surface area (Å²) in [7, 11) is 0. The maximum absolute atomic E-state index is 12.0. The van der Waals surface area contributed by atoms with Gasteiger partial charge in [0.2, 0.25) is 0 Å². The van der Waals surface area contributed by atoms with E-state index in [9.17, 15) is 4.79 Å². The highest BCUT2D eigenvalue weighted by Gasteiger charge is 2.12. The molecule has 0 saturated heterocycles. The van der Waals surface area contributed by atoms with Crippen LogP contribution in [-0.2, 0) is 4.74 Å². The minimum atomic E-state index is -0.204. The second-order valence-corrected chi connectivity index (χ2v) is 9.94. The van der Waals surface area contributed by atoms with Crippen LogP contribution in [0.5, 0.6) is 0 Å². The summed E-state index contributed by atoms with van der Waals surface area (Å²) in [4.78, 5) is 13.2. The Morgan fingerprint density at radius 2 is 1.23 bits per heavy atom. The minimum Gasteiger partial charge on any atom is -0.462 e. The van der Waals surface area contributed by atoms with Crippen LogP contribution < -0.4 is 0 Å². The Labute approximate surface area is 197 Å². The normalized spacial score (nSPS) is 11.1. The van der Waals surface area contributed by atoms with Crippen molar-refractivity contribution < 1.29 is 9.53 Å². The first-order chi connectivity index (χ1) is 15.2. The third-order valence-corrected chi connectivity index (χ3v) is 7.28. The van der Waals surface area contributed by atoms with Crippen molar-refractivity contribution in [3.05, 3.63) is 29.3 Å². The van der Waals surface area contributed by atoms with Gasteiger partial charge in [-0.05, 0) is 43.7 Å². The molecule has 0 amide bonds. The van der Waals surface area contributed by atoms with Gasteiger partial charge in [0.15, 0.2) is 0 Å². The SMILES string of the molecule is CCCCCCCCCCCCCCCCCCSc1cccc(C(=O)OCC)c1C. The van der Waals surface area contributed by atoms with Gasteiger partial charge in [0, 0.05) is 4.90 Å². The molecule has 0 unspecified atom stereocenters. The van der Waals surface area contributed by atoms with E-state index in [0.717, 1.165) is 11.3 Å². The van der Waals surface area contributed by atoms with E-state index in [1.807, 2.05) is 37.7 Å². The topological polar surface area (TPSA) is 26.3 Å². The van der Waals surface area contributed by atoms with Gasteiger partial charge in [0.1, 0.15) is 0 Å². The molecule has 0 radical (unpaired) electrons. The molecule has 1 aromatic carbocycles. The molecule has 0 aliphatic heterocycles. The van der Waals surface area contributed by atoms with E-state index in [-0.39, 0.29) is 5.97 Å². The number of carbonyl (C=O) groups is 1. The number of unbranched alkanes of at least 4 members (excludes halogenated alkanes) is 15. The van der Waals surface area contributed by atoms with E-state index in [0.29, 0.717) is 12.2 Å². The molecule has 1 rings (SSSR count). The van der Waals surface area contributed by atoms with Crippen LogP contribution in [0.3, 0.4) is 0 Å². The van der Waals surface area contributed by atoms with Crippen LogP contribution in [0, 0.1) is 6.92 Å². The number of rotatable bonds is 20. The van der Waals surface area contributed by atoms with Crippen molar-refractivity contribution in [3.63, 3.8) is 0 Å². The number of hydrogen-bond donors (Lipinski definition) is 0. The fourth-order valence-electron chi connectivity index (χ4n) is 4.03. The van der Waals surface area contributed by atoms with Gasteiger partial charge in [-0.15, -0.1) is 11.8 Å². The molecule has 0 aromatic heterocycles. The Kier molecular flexibility index (Phi) is 17.8. The van der Waals surface area contributed by atoms with Gasteiger partial charge in [-0.3, -0.25) is 0 Å². The highest BCUT2D eigenvalue weighted by Crippen LogP contribution is 2.26. The zero-order chi connectivity index (χ0) is 22.6. The largest absolute Gasteiger partial charge is 0.462 e. The lowest BCUT2D eigenvalue weighted by Gasteiger charge is -2.10. The number of esters is 1.